The summed E-state index contributed by atoms with van der Waals surface area (Å²) in [5.74, 6) is -0.320. The van der Waals surface area contributed by atoms with Gasteiger partial charge in [0, 0.05) is 59.3 Å². The smallest absolute Gasteiger partial charge is 0.334 e. The number of benzene rings is 1. The summed E-state index contributed by atoms with van der Waals surface area (Å²) in [6.45, 7) is 0. The number of alkyl halides is 8. The van der Waals surface area contributed by atoms with Crippen LogP contribution in [0.5, 0.6) is 0 Å². The normalized spacial score (nSPS) is 18.6. The van der Waals surface area contributed by atoms with Crippen molar-refractivity contribution in [1.82, 2.24) is 64.4 Å². The Morgan fingerprint density at radius 1 is 0.667 bits per heavy atom. The van der Waals surface area contributed by atoms with E-state index >= 15 is 0 Å². The molecule has 30 heteroatoms. The third kappa shape index (κ3) is 14.1. The molecule has 6 saturated carbocycles. The minimum absolute atomic E-state index is 0.0728. The molecule has 1 aromatic carbocycles. The second kappa shape index (κ2) is 23.1. The molecule has 6 aromatic heterocycles. The first-order chi connectivity index (χ1) is 37.8. The number of carbonyl (C=O) groups excluding carboxylic acids is 2. The van der Waals surface area contributed by atoms with E-state index in [1.807, 2.05) is 28.7 Å². The van der Waals surface area contributed by atoms with Crippen LogP contribution in [0.25, 0.3) is 11.1 Å². The topological polar surface area (TPSA) is 188 Å². The molecule has 0 unspecified atom stereocenters. The Kier molecular flexibility index (Phi) is 17.6. The third-order valence-corrected chi connectivity index (χ3v) is 17.2. The zero-order valence-corrected chi connectivity index (χ0v) is 49.6. The number of hydrogen-bond acceptors (Lipinski definition) is 9. The number of aromatic nitrogens is 12. The Hall–Kier alpha value is -5.27. The molecule has 13 rings (SSSR count). The van der Waals surface area contributed by atoms with E-state index in [9.17, 15) is 44.7 Å². The monoisotopic (exact) mass is 1340 g/mol. The van der Waals surface area contributed by atoms with Crippen molar-refractivity contribution in [2.45, 2.75) is 117 Å². The molecule has 2 N–H and O–H groups in total. The van der Waals surface area contributed by atoms with Crippen molar-refractivity contribution >= 4 is 92.8 Å². The molecule has 1 amide bonds. The Balaban J connectivity index is 0.000000129. The molecule has 6 aliphatic rings. The van der Waals surface area contributed by atoms with Crippen LogP contribution in [-0.4, -0.2) is 76.8 Å². The van der Waals surface area contributed by atoms with Gasteiger partial charge in [0.05, 0.1) is 37.7 Å². The summed E-state index contributed by atoms with van der Waals surface area (Å²) in [6, 6.07) is 10.7. The Bertz CT molecular complexity index is 3490. The fourth-order valence-electron chi connectivity index (χ4n) is 7.84. The molecule has 0 saturated heterocycles. The molecule has 434 valence electrons. The van der Waals surface area contributed by atoms with Gasteiger partial charge in [-0.05, 0) is 123 Å². The first-order valence-corrected chi connectivity index (χ1v) is 27.9. The van der Waals surface area contributed by atoms with Gasteiger partial charge in [-0.15, -0.1) is 0 Å². The molecule has 0 aliphatic heterocycles. The lowest BCUT2D eigenvalue weighted by atomic mass is 10.1. The molecule has 7 aromatic rings. The zero-order valence-electron chi connectivity index (χ0n) is 43.7. The van der Waals surface area contributed by atoms with E-state index in [-0.39, 0.29) is 35.2 Å². The van der Waals surface area contributed by atoms with Crippen LogP contribution in [0.2, 0.25) is 25.6 Å². The SMILES string of the molecule is Cn1ccc(C2(F)CC2)n1.Cn1nc(C2(F)CC2)c(C(F)(F)F)c1Cl.Cn1nc(C2(F)CC2)c(C=O)c1Cl.Cn1nc(C2(F)CC2)c(I)c1Cl.Cn1nc(C2(F)CC2)cc1Cl.N#CC1(NC(=O)c2cc(-c3cn[nH]c3)ccc2Cl)CC1. The van der Waals surface area contributed by atoms with E-state index in [4.69, 9.17) is 63.3 Å². The quantitative estimate of drug-likeness (QED) is 0.0805. The summed E-state index contributed by atoms with van der Waals surface area (Å²) >= 11 is 30.9. The standard InChI is InChI=1S/C14H11ClN4O.C8H7ClF4N2.C8H8ClFN2O.C7H7ClFIN2.C7H8ClFN2.C7H9FN2/c15-12-2-1-9(10-6-17-18-7-10)5-11(12)13(20)19-14(8-16)3-4-14;1-15-6(9)4(8(11,12)13)5(14-15)7(10)2-3-7;1-12-7(9)5(4-13)6(11-12)8(10)2-3-8;1-12-6(8)4(10)5(11-12)7(9)2-3-7;1-11-6(8)4-5(10-11)7(9)2-3-7;1-10-5-2-6(9-10)7(8)3-4-7/h1-2,5-7H,3-4H2,(H,17,18)(H,19,20);2-3H2,1H3;4H,2-3H2,1H3;2-3H2,1H3;4H,2-3H2,1H3;2,5H,3-4H2,1H3. The Morgan fingerprint density at radius 2 is 1.19 bits per heavy atom. The second-order valence-corrected chi connectivity index (χ2v) is 23.5. The van der Waals surface area contributed by atoms with Crippen LogP contribution in [0.1, 0.15) is 132 Å². The highest BCUT2D eigenvalue weighted by atomic mass is 127. The summed E-state index contributed by atoms with van der Waals surface area (Å²) in [5, 5.41) is 38.7. The molecular formula is C51H50Cl5F8IN14O2. The van der Waals surface area contributed by atoms with Gasteiger partial charge in [-0.25, -0.2) is 22.0 Å². The molecule has 0 bridgehead atoms. The van der Waals surface area contributed by atoms with Crippen LogP contribution in [0, 0.1) is 14.9 Å². The minimum Gasteiger partial charge on any atom is -0.334 e. The second-order valence-electron chi connectivity index (χ2n) is 20.5. The number of hydrogen-bond donors (Lipinski definition) is 2. The molecule has 16 nitrogen and oxygen atoms in total. The molecular weight excluding hydrogens is 1300 g/mol. The molecule has 0 radical (unpaired) electrons. The highest BCUT2D eigenvalue weighted by Crippen LogP contribution is 2.55. The fourth-order valence-corrected chi connectivity index (χ4v) is 9.66. The summed E-state index contributed by atoms with van der Waals surface area (Å²) in [6.07, 6.45) is 7.08. The number of H-pyrrole nitrogens is 1. The molecule has 6 heterocycles. The van der Waals surface area contributed by atoms with Crippen molar-refractivity contribution in [1.29, 1.82) is 5.26 Å². The molecule has 81 heavy (non-hydrogen) atoms. The van der Waals surface area contributed by atoms with Crippen LogP contribution >= 0.6 is 80.6 Å². The van der Waals surface area contributed by atoms with Crippen molar-refractivity contribution in [3.8, 4) is 17.2 Å². The predicted octanol–water partition coefficient (Wildman–Crippen LogP) is 13.5. The van der Waals surface area contributed by atoms with Crippen LogP contribution in [0.3, 0.4) is 0 Å². The van der Waals surface area contributed by atoms with Gasteiger partial charge in [-0.3, -0.25) is 38.1 Å². The van der Waals surface area contributed by atoms with Crippen molar-refractivity contribution < 1.29 is 44.7 Å². The number of aromatic amines is 1. The van der Waals surface area contributed by atoms with E-state index in [1.54, 1.807) is 75.7 Å². The van der Waals surface area contributed by atoms with E-state index < -0.39 is 56.5 Å². The molecule has 0 atom stereocenters. The van der Waals surface area contributed by atoms with Gasteiger partial charge in [0.25, 0.3) is 5.91 Å². The molecule has 6 aliphatic carbocycles. The number of nitrogens with one attached hydrogen (secondary N) is 2. The summed E-state index contributed by atoms with van der Waals surface area (Å²) in [7, 11) is 8.07. The number of aldehydes is 1. The van der Waals surface area contributed by atoms with E-state index in [2.05, 4.69) is 47.1 Å². The van der Waals surface area contributed by atoms with E-state index in [0.29, 0.717) is 108 Å². The van der Waals surface area contributed by atoms with Gasteiger partial charge in [0.15, 0.2) is 34.6 Å². The fraction of sp³-hybridized carbons (Fsp3) is 0.471. The van der Waals surface area contributed by atoms with E-state index in [1.165, 1.54) is 21.1 Å². The number of rotatable bonds is 9. The van der Waals surface area contributed by atoms with Crippen molar-refractivity contribution in [3.05, 3.63) is 123 Å². The van der Waals surface area contributed by atoms with Crippen LogP contribution in [0.4, 0.5) is 35.1 Å². The maximum Gasteiger partial charge on any atom is 0.421 e. The van der Waals surface area contributed by atoms with Gasteiger partial charge in [-0.1, -0.05) is 64.1 Å². The maximum absolute atomic E-state index is 13.6. The maximum atomic E-state index is 13.6. The van der Waals surface area contributed by atoms with Gasteiger partial charge in [0.1, 0.15) is 54.5 Å². The van der Waals surface area contributed by atoms with Crippen LogP contribution < -0.4 is 5.32 Å². The van der Waals surface area contributed by atoms with Crippen molar-refractivity contribution in [2.75, 3.05) is 0 Å². The summed E-state index contributed by atoms with van der Waals surface area (Å²) < 4.78 is 112. The van der Waals surface area contributed by atoms with Gasteiger partial charge in [-0.2, -0.15) is 49.0 Å². The number of nitriles is 1. The van der Waals surface area contributed by atoms with Gasteiger partial charge >= 0.3 is 6.18 Å². The molecule has 0 spiro atoms. The van der Waals surface area contributed by atoms with E-state index in [0.717, 1.165) is 19.4 Å². The summed E-state index contributed by atoms with van der Waals surface area (Å²) in [4.78, 5) is 22.9. The van der Waals surface area contributed by atoms with Gasteiger partial charge in [0.2, 0.25) is 0 Å². The lowest BCUT2D eigenvalue weighted by molar-refractivity contribution is -0.138. The highest BCUT2D eigenvalue weighted by molar-refractivity contribution is 14.1. The highest BCUT2D eigenvalue weighted by Gasteiger charge is 2.55. The lowest BCUT2D eigenvalue weighted by Gasteiger charge is -2.11. The number of carbonyl (C=O) groups is 2. The average molecular weight is 1350 g/mol. The lowest BCUT2D eigenvalue weighted by Crippen LogP contribution is -2.35. The van der Waals surface area contributed by atoms with Crippen molar-refractivity contribution in [2.24, 2.45) is 35.2 Å². The number of nitrogens with zero attached hydrogens (tertiary/aromatic N) is 12. The van der Waals surface area contributed by atoms with Gasteiger partial charge < -0.3 is 5.32 Å². The number of halogens is 14. The first-order valence-electron chi connectivity index (χ1n) is 24.9. The van der Waals surface area contributed by atoms with Crippen LogP contribution in [0.15, 0.2) is 48.9 Å². The third-order valence-electron chi connectivity index (χ3n) is 13.8. The largest absolute Gasteiger partial charge is 0.421 e. The Morgan fingerprint density at radius 3 is 1.63 bits per heavy atom. The average Bonchev–Trinajstić information content (AvgIpc) is 4.27. The first kappa shape index (κ1) is 61.8. The Labute approximate surface area is 496 Å². The number of aryl methyl sites for hydroxylation is 5. The predicted molar refractivity (Wildman–Crippen MR) is 293 cm³/mol. The molecule has 6 fully saturated rings. The summed E-state index contributed by atoms with van der Waals surface area (Å²) in [5.41, 5.74) is -5.14. The zero-order chi connectivity index (χ0) is 59.4. The minimum atomic E-state index is -4.66. The van der Waals surface area contributed by atoms with Crippen LogP contribution in [-0.2, 0) is 69.8 Å². The van der Waals surface area contributed by atoms with Crippen molar-refractivity contribution in [3.63, 3.8) is 0 Å². The number of amides is 1.